The maximum atomic E-state index is 11.7. The Kier molecular flexibility index (Phi) is 6.75. The highest BCUT2D eigenvalue weighted by Gasteiger charge is 2.25. The summed E-state index contributed by atoms with van der Waals surface area (Å²) in [5.41, 5.74) is 7.12. The molecule has 0 radical (unpaired) electrons. The molecule has 1 aliphatic heterocycles. The average molecular weight is 273 g/mol. The number of rotatable bonds is 6. The molecule has 0 aromatic carbocycles. The van der Waals surface area contributed by atoms with Crippen LogP contribution in [0.5, 0.6) is 0 Å². The summed E-state index contributed by atoms with van der Waals surface area (Å²) in [6.45, 7) is 0.988. The summed E-state index contributed by atoms with van der Waals surface area (Å²) in [5.74, 6) is -0.0527. The predicted molar refractivity (Wildman–Crippen MR) is 68.1 cm³/mol. The number of carbonyl (C=O) groups is 2. The van der Waals surface area contributed by atoms with Gasteiger partial charge in [0.2, 0.25) is 11.8 Å². The number of nitrogens with zero attached hydrogens (tertiary/aromatic N) is 1. The van der Waals surface area contributed by atoms with Crippen LogP contribution in [0.25, 0.3) is 0 Å². The molecule has 2 amide bonds. The van der Waals surface area contributed by atoms with Crippen LogP contribution < -0.4 is 11.2 Å². The lowest BCUT2D eigenvalue weighted by atomic mass is 9.91. The van der Waals surface area contributed by atoms with Gasteiger partial charge >= 0.3 is 0 Å². The smallest absolute Gasteiger partial charge is 0.243 e. The molecule has 0 bridgehead atoms. The number of aliphatic hydroxyl groups is 1. The first-order valence-corrected chi connectivity index (χ1v) is 6.66. The van der Waals surface area contributed by atoms with Gasteiger partial charge in [-0.25, -0.2) is 5.48 Å². The van der Waals surface area contributed by atoms with Crippen molar-refractivity contribution in [2.24, 2.45) is 11.7 Å². The van der Waals surface area contributed by atoms with E-state index >= 15 is 0 Å². The first-order valence-electron chi connectivity index (χ1n) is 6.66. The molecule has 1 heterocycles. The number of hydroxylamine groups is 1. The van der Waals surface area contributed by atoms with Crippen LogP contribution in [0.3, 0.4) is 0 Å². The third-order valence-electron chi connectivity index (χ3n) is 3.58. The van der Waals surface area contributed by atoms with Gasteiger partial charge in [0, 0.05) is 19.5 Å². The fourth-order valence-corrected chi connectivity index (χ4v) is 2.36. The molecule has 19 heavy (non-hydrogen) atoms. The number of carbonyl (C=O) groups excluding carboxylic acids is 2. The van der Waals surface area contributed by atoms with E-state index in [0.29, 0.717) is 25.4 Å². The Morgan fingerprint density at radius 3 is 2.53 bits per heavy atom. The Morgan fingerprint density at radius 1 is 1.37 bits per heavy atom. The number of hydrogen-bond acceptors (Lipinski definition) is 5. The zero-order chi connectivity index (χ0) is 14.3. The molecule has 0 aromatic heterocycles. The Labute approximate surface area is 112 Å². The molecular formula is C12H23N3O4. The van der Waals surface area contributed by atoms with Crippen molar-refractivity contribution in [3.8, 4) is 0 Å². The van der Waals surface area contributed by atoms with E-state index in [9.17, 15) is 9.59 Å². The second-order valence-electron chi connectivity index (χ2n) is 4.98. The number of likely N-dealkylation sites (tertiary alicyclic amines) is 1. The lowest BCUT2D eigenvalue weighted by Crippen LogP contribution is -2.48. The van der Waals surface area contributed by atoms with Crippen LogP contribution >= 0.6 is 0 Å². The Balaban J connectivity index is 2.22. The molecule has 0 aromatic rings. The molecule has 1 saturated heterocycles. The van der Waals surface area contributed by atoms with Crippen LogP contribution in [0.1, 0.15) is 32.1 Å². The van der Waals surface area contributed by atoms with Crippen molar-refractivity contribution in [3.05, 3.63) is 0 Å². The molecule has 1 rings (SSSR count). The summed E-state index contributed by atoms with van der Waals surface area (Å²) in [5, 5.41) is 17.2. The van der Waals surface area contributed by atoms with Crippen molar-refractivity contribution in [1.29, 1.82) is 0 Å². The van der Waals surface area contributed by atoms with E-state index in [1.165, 1.54) is 0 Å². The van der Waals surface area contributed by atoms with Crippen LogP contribution in [0, 0.1) is 5.92 Å². The van der Waals surface area contributed by atoms with Crippen molar-refractivity contribution in [1.82, 2.24) is 10.4 Å². The van der Waals surface area contributed by atoms with E-state index in [2.05, 4.69) is 0 Å². The van der Waals surface area contributed by atoms with E-state index in [1.54, 1.807) is 10.4 Å². The van der Waals surface area contributed by atoms with Gasteiger partial charge < -0.3 is 15.7 Å². The standard InChI is InChI=1S/C12H23N3O4/c13-10(8-16)12(18)15-6-4-9(5-7-15)2-1-3-11(17)14-19/h9-10,16,19H,1-8,13H2,(H,14,17)/t10-/m1/s1. The Hall–Kier alpha value is -1.18. The summed E-state index contributed by atoms with van der Waals surface area (Å²) in [7, 11) is 0. The van der Waals surface area contributed by atoms with Crippen LogP contribution in [0.2, 0.25) is 0 Å². The minimum Gasteiger partial charge on any atom is -0.394 e. The quantitative estimate of drug-likeness (QED) is 0.374. The highest BCUT2D eigenvalue weighted by Crippen LogP contribution is 2.22. The third-order valence-corrected chi connectivity index (χ3v) is 3.58. The van der Waals surface area contributed by atoms with Gasteiger partial charge in [0.25, 0.3) is 0 Å². The Bertz CT molecular complexity index is 303. The van der Waals surface area contributed by atoms with Crippen molar-refractivity contribution in [2.45, 2.75) is 38.1 Å². The topological polar surface area (TPSA) is 116 Å². The molecule has 5 N–H and O–H groups in total. The van der Waals surface area contributed by atoms with E-state index < -0.39 is 6.04 Å². The van der Waals surface area contributed by atoms with Gasteiger partial charge in [-0.15, -0.1) is 0 Å². The maximum absolute atomic E-state index is 11.7. The van der Waals surface area contributed by atoms with Crippen LogP contribution in [0.4, 0.5) is 0 Å². The summed E-state index contributed by atoms with van der Waals surface area (Å²) in [6, 6.07) is -0.815. The highest BCUT2D eigenvalue weighted by atomic mass is 16.5. The second-order valence-corrected chi connectivity index (χ2v) is 4.98. The molecule has 7 nitrogen and oxygen atoms in total. The lowest BCUT2D eigenvalue weighted by molar-refractivity contribution is -0.134. The molecule has 1 fully saturated rings. The minimum atomic E-state index is -0.815. The van der Waals surface area contributed by atoms with Gasteiger partial charge in [-0.2, -0.15) is 0 Å². The van der Waals surface area contributed by atoms with E-state index in [0.717, 1.165) is 25.7 Å². The maximum Gasteiger partial charge on any atom is 0.243 e. The van der Waals surface area contributed by atoms with Crippen LogP contribution in [0.15, 0.2) is 0 Å². The highest BCUT2D eigenvalue weighted by molar-refractivity contribution is 5.81. The summed E-state index contributed by atoms with van der Waals surface area (Å²) >= 11 is 0. The Morgan fingerprint density at radius 2 is 2.00 bits per heavy atom. The van der Waals surface area contributed by atoms with Crippen LogP contribution in [-0.4, -0.2) is 52.8 Å². The van der Waals surface area contributed by atoms with Crippen molar-refractivity contribution < 1.29 is 19.9 Å². The zero-order valence-corrected chi connectivity index (χ0v) is 11.0. The van der Waals surface area contributed by atoms with Crippen molar-refractivity contribution >= 4 is 11.8 Å². The monoisotopic (exact) mass is 273 g/mol. The fourth-order valence-electron chi connectivity index (χ4n) is 2.36. The van der Waals surface area contributed by atoms with Gasteiger partial charge in [0.1, 0.15) is 6.04 Å². The lowest BCUT2D eigenvalue weighted by Gasteiger charge is -2.33. The molecule has 1 atom stereocenters. The van der Waals surface area contributed by atoms with E-state index in [-0.39, 0.29) is 18.4 Å². The predicted octanol–water partition coefficient (Wildman–Crippen LogP) is -0.780. The molecule has 110 valence electrons. The van der Waals surface area contributed by atoms with Gasteiger partial charge in [-0.05, 0) is 31.6 Å². The number of nitrogens with one attached hydrogen (secondary N) is 1. The van der Waals surface area contributed by atoms with Gasteiger partial charge in [-0.1, -0.05) is 0 Å². The normalized spacial score (nSPS) is 18.2. The van der Waals surface area contributed by atoms with Crippen LogP contribution in [-0.2, 0) is 9.59 Å². The van der Waals surface area contributed by atoms with Gasteiger partial charge in [0.15, 0.2) is 0 Å². The molecule has 0 spiro atoms. The first-order chi connectivity index (χ1) is 9.08. The average Bonchev–Trinajstić information content (AvgIpc) is 2.46. The number of amides is 2. The fraction of sp³-hybridized carbons (Fsp3) is 0.833. The van der Waals surface area contributed by atoms with E-state index in [1.807, 2.05) is 0 Å². The SMILES string of the molecule is N[C@H](CO)C(=O)N1CCC(CCCC(=O)NO)CC1. The summed E-state index contributed by atoms with van der Waals surface area (Å²) < 4.78 is 0. The molecule has 0 saturated carbocycles. The van der Waals surface area contributed by atoms with Gasteiger partial charge in [-0.3, -0.25) is 14.8 Å². The van der Waals surface area contributed by atoms with E-state index in [4.69, 9.17) is 16.0 Å². The molecule has 1 aliphatic rings. The third kappa shape index (κ3) is 5.14. The summed E-state index contributed by atoms with van der Waals surface area (Å²) in [4.78, 5) is 24.3. The second kappa shape index (κ2) is 8.08. The number of nitrogens with two attached hydrogens (primary N) is 1. The van der Waals surface area contributed by atoms with Crippen molar-refractivity contribution in [2.75, 3.05) is 19.7 Å². The molecule has 0 unspecified atom stereocenters. The molecule has 0 aliphatic carbocycles. The largest absolute Gasteiger partial charge is 0.394 e. The summed E-state index contributed by atoms with van der Waals surface area (Å²) in [6.07, 6.45) is 3.77. The number of aliphatic hydroxyl groups excluding tert-OH is 1. The minimum absolute atomic E-state index is 0.194. The van der Waals surface area contributed by atoms with Crippen molar-refractivity contribution in [3.63, 3.8) is 0 Å². The number of hydrogen-bond donors (Lipinski definition) is 4. The molecule has 7 heteroatoms. The van der Waals surface area contributed by atoms with Gasteiger partial charge in [0.05, 0.1) is 6.61 Å². The zero-order valence-electron chi connectivity index (χ0n) is 11.0. The first kappa shape index (κ1) is 15.9. The molecular weight excluding hydrogens is 250 g/mol. The number of piperidine rings is 1.